The Hall–Kier alpha value is -1.43. The topological polar surface area (TPSA) is 80.0 Å². The highest BCUT2D eigenvalue weighted by atomic mass is 16.5. The predicted octanol–water partition coefficient (Wildman–Crippen LogP) is 0.425. The summed E-state index contributed by atoms with van der Waals surface area (Å²) in [5, 5.41) is 9.84. The molecule has 1 fully saturated rings. The van der Waals surface area contributed by atoms with Crippen LogP contribution in [0.25, 0.3) is 0 Å². The molecular weight excluding hydrogens is 232 g/mol. The largest absolute Gasteiger partial charge is 0.354 e. The van der Waals surface area contributed by atoms with Crippen molar-refractivity contribution in [2.75, 3.05) is 13.1 Å². The first-order valence-corrected chi connectivity index (χ1v) is 6.45. The van der Waals surface area contributed by atoms with Crippen molar-refractivity contribution in [1.82, 2.24) is 20.8 Å². The first-order valence-electron chi connectivity index (χ1n) is 6.45. The zero-order valence-corrected chi connectivity index (χ0v) is 10.9. The van der Waals surface area contributed by atoms with Crippen LogP contribution in [0.4, 0.5) is 0 Å². The van der Waals surface area contributed by atoms with Gasteiger partial charge in [0.2, 0.25) is 11.8 Å². The Balaban J connectivity index is 1.71. The van der Waals surface area contributed by atoms with Gasteiger partial charge in [0.15, 0.2) is 5.82 Å². The molecule has 1 aliphatic heterocycles. The second-order valence-corrected chi connectivity index (χ2v) is 4.91. The molecule has 6 heteroatoms. The van der Waals surface area contributed by atoms with Gasteiger partial charge in [0.05, 0.1) is 6.04 Å². The molecule has 2 atom stereocenters. The molecule has 2 rings (SSSR count). The number of hydrogen-bond acceptors (Lipinski definition) is 5. The van der Waals surface area contributed by atoms with Crippen LogP contribution in [0, 0.1) is 12.8 Å². The summed E-state index contributed by atoms with van der Waals surface area (Å²) in [6.07, 6.45) is 2.63. The number of hydrogen-bond donors (Lipinski definition) is 2. The number of carbonyl (C=O) groups is 1. The van der Waals surface area contributed by atoms with Crippen LogP contribution in [0.5, 0.6) is 0 Å². The molecule has 1 saturated heterocycles. The van der Waals surface area contributed by atoms with Gasteiger partial charge in [0, 0.05) is 13.0 Å². The van der Waals surface area contributed by atoms with Crippen molar-refractivity contribution in [3.05, 3.63) is 11.7 Å². The molecule has 100 valence electrons. The monoisotopic (exact) mass is 252 g/mol. The lowest BCUT2D eigenvalue weighted by Gasteiger charge is -2.27. The van der Waals surface area contributed by atoms with Gasteiger partial charge in [-0.05, 0) is 32.2 Å². The third-order valence-electron chi connectivity index (χ3n) is 3.19. The molecule has 2 unspecified atom stereocenters. The van der Waals surface area contributed by atoms with Crippen LogP contribution in [0.2, 0.25) is 0 Å². The van der Waals surface area contributed by atoms with Crippen LogP contribution >= 0.6 is 0 Å². The smallest absolute Gasteiger partial charge is 0.237 e. The molecule has 0 radical (unpaired) electrons. The number of piperidine rings is 1. The zero-order chi connectivity index (χ0) is 13.0. The fourth-order valence-corrected chi connectivity index (χ4v) is 2.16. The van der Waals surface area contributed by atoms with Crippen molar-refractivity contribution in [1.29, 1.82) is 0 Å². The standard InChI is InChI=1S/C12H20N4O2/c1-8-3-5-13-10(7-8)12(17)14-6-4-11-15-9(2)16-18-11/h8,10,13H,3-7H2,1-2H3,(H,14,17). The molecule has 0 spiro atoms. The van der Waals surface area contributed by atoms with Gasteiger partial charge in [-0.25, -0.2) is 0 Å². The Morgan fingerprint density at radius 2 is 2.44 bits per heavy atom. The maximum absolute atomic E-state index is 11.9. The van der Waals surface area contributed by atoms with Crippen LogP contribution in [0.1, 0.15) is 31.5 Å². The van der Waals surface area contributed by atoms with E-state index in [2.05, 4.69) is 27.7 Å². The maximum atomic E-state index is 11.9. The van der Waals surface area contributed by atoms with Crippen molar-refractivity contribution in [3.8, 4) is 0 Å². The highest BCUT2D eigenvalue weighted by Gasteiger charge is 2.24. The van der Waals surface area contributed by atoms with E-state index in [0.29, 0.717) is 30.6 Å². The molecule has 1 aromatic heterocycles. The second-order valence-electron chi connectivity index (χ2n) is 4.91. The fraction of sp³-hybridized carbons (Fsp3) is 0.750. The lowest BCUT2D eigenvalue weighted by Crippen LogP contribution is -2.48. The minimum absolute atomic E-state index is 0.0572. The minimum atomic E-state index is -0.0572. The lowest BCUT2D eigenvalue weighted by atomic mass is 9.94. The summed E-state index contributed by atoms with van der Waals surface area (Å²) in [6.45, 7) is 5.41. The first-order chi connectivity index (χ1) is 8.65. The van der Waals surface area contributed by atoms with Crippen LogP contribution in [0.15, 0.2) is 4.52 Å². The molecule has 0 aliphatic carbocycles. The van der Waals surface area contributed by atoms with Crippen molar-refractivity contribution < 1.29 is 9.32 Å². The van der Waals surface area contributed by atoms with Gasteiger partial charge in [-0.15, -0.1) is 0 Å². The van der Waals surface area contributed by atoms with E-state index in [9.17, 15) is 4.79 Å². The summed E-state index contributed by atoms with van der Waals surface area (Å²) in [7, 11) is 0. The van der Waals surface area contributed by atoms with Crippen LogP contribution in [-0.2, 0) is 11.2 Å². The van der Waals surface area contributed by atoms with Crippen molar-refractivity contribution in [2.45, 2.75) is 39.2 Å². The van der Waals surface area contributed by atoms with Gasteiger partial charge < -0.3 is 15.2 Å². The van der Waals surface area contributed by atoms with Crippen LogP contribution < -0.4 is 10.6 Å². The predicted molar refractivity (Wildman–Crippen MR) is 65.9 cm³/mol. The Morgan fingerprint density at radius 1 is 1.61 bits per heavy atom. The molecule has 0 aromatic carbocycles. The number of aromatic nitrogens is 2. The Kier molecular flexibility index (Phi) is 4.30. The van der Waals surface area contributed by atoms with E-state index in [1.807, 2.05) is 0 Å². The maximum Gasteiger partial charge on any atom is 0.237 e. The molecule has 0 bridgehead atoms. The highest BCUT2D eigenvalue weighted by Crippen LogP contribution is 2.14. The third kappa shape index (κ3) is 3.53. The Morgan fingerprint density at radius 3 is 3.11 bits per heavy atom. The quantitative estimate of drug-likeness (QED) is 0.812. The Labute approximate surface area is 107 Å². The summed E-state index contributed by atoms with van der Waals surface area (Å²) in [5.41, 5.74) is 0. The lowest BCUT2D eigenvalue weighted by molar-refractivity contribution is -0.124. The van der Waals surface area contributed by atoms with Crippen molar-refractivity contribution >= 4 is 5.91 Å². The average Bonchev–Trinajstić information content (AvgIpc) is 2.75. The summed E-state index contributed by atoms with van der Waals surface area (Å²) < 4.78 is 4.98. The highest BCUT2D eigenvalue weighted by molar-refractivity contribution is 5.81. The van der Waals surface area contributed by atoms with Crippen molar-refractivity contribution in [2.24, 2.45) is 5.92 Å². The number of nitrogens with one attached hydrogen (secondary N) is 2. The van der Waals surface area contributed by atoms with Gasteiger partial charge >= 0.3 is 0 Å². The van der Waals surface area contributed by atoms with Gasteiger partial charge in [-0.1, -0.05) is 12.1 Å². The van der Waals surface area contributed by atoms with Gasteiger partial charge in [0.1, 0.15) is 0 Å². The van der Waals surface area contributed by atoms with Crippen LogP contribution in [-0.4, -0.2) is 35.2 Å². The summed E-state index contributed by atoms with van der Waals surface area (Å²) in [6, 6.07) is -0.0572. The molecular formula is C12H20N4O2. The number of carbonyl (C=O) groups excluding carboxylic acids is 1. The minimum Gasteiger partial charge on any atom is -0.354 e. The zero-order valence-electron chi connectivity index (χ0n) is 10.9. The number of nitrogens with zero attached hydrogens (tertiary/aromatic N) is 2. The third-order valence-corrected chi connectivity index (χ3v) is 3.19. The molecule has 2 heterocycles. The van der Waals surface area contributed by atoms with E-state index in [-0.39, 0.29) is 11.9 Å². The van der Waals surface area contributed by atoms with Gasteiger partial charge in [-0.2, -0.15) is 4.98 Å². The molecule has 18 heavy (non-hydrogen) atoms. The Bertz CT molecular complexity index is 405. The van der Waals surface area contributed by atoms with E-state index >= 15 is 0 Å². The first kappa shape index (κ1) is 13.0. The molecule has 1 amide bonds. The summed E-state index contributed by atoms with van der Waals surface area (Å²) in [4.78, 5) is 16.0. The van der Waals surface area contributed by atoms with E-state index in [0.717, 1.165) is 19.4 Å². The second kappa shape index (κ2) is 5.95. The summed E-state index contributed by atoms with van der Waals surface area (Å²) in [5.74, 6) is 1.87. The summed E-state index contributed by atoms with van der Waals surface area (Å²) >= 11 is 0. The van der Waals surface area contributed by atoms with E-state index < -0.39 is 0 Å². The SMILES string of the molecule is Cc1noc(CCNC(=O)C2CC(C)CCN2)n1. The normalized spacial score (nSPS) is 23.9. The van der Waals surface area contributed by atoms with Gasteiger partial charge in [-0.3, -0.25) is 4.79 Å². The number of rotatable bonds is 4. The van der Waals surface area contributed by atoms with E-state index in [1.54, 1.807) is 6.92 Å². The van der Waals surface area contributed by atoms with E-state index in [4.69, 9.17) is 4.52 Å². The molecule has 0 saturated carbocycles. The average molecular weight is 252 g/mol. The molecule has 2 N–H and O–H groups in total. The fourth-order valence-electron chi connectivity index (χ4n) is 2.16. The van der Waals surface area contributed by atoms with Crippen molar-refractivity contribution in [3.63, 3.8) is 0 Å². The van der Waals surface area contributed by atoms with Crippen LogP contribution in [0.3, 0.4) is 0 Å². The molecule has 1 aromatic rings. The number of amides is 1. The molecule has 6 nitrogen and oxygen atoms in total. The van der Waals surface area contributed by atoms with E-state index in [1.165, 1.54) is 0 Å². The number of aryl methyl sites for hydroxylation is 1. The van der Waals surface area contributed by atoms with Gasteiger partial charge in [0.25, 0.3) is 0 Å². The molecule has 1 aliphatic rings.